The number of nitrogens with zero attached hydrogens (tertiary/aromatic N) is 2. The number of piperidine rings is 1. The highest BCUT2D eigenvalue weighted by Crippen LogP contribution is 2.21. The zero-order valence-corrected chi connectivity index (χ0v) is 16.6. The summed E-state index contributed by atoms with van der Waals surface area (Å²) in [5.74, 6) is 0.433. The van der Waals surface area contributed by atoms with Gasteiger partial charge in [-0.3, -0.25) is 15.0 Å². The first-order valence-corrected chi connectivity index (χ1v) is 11.4. The van der Waals surface area contributed by atoms with Gasteiger partial charge in [-0.1, -0.05) is 13.0 Å². The van der Waals surface area contributed by atoms with E-state index in [9.17, 15) is 13.2 Å². The van der Waals surface area contributed by atoms with Gasteiger partial charge in [0.05, 0.1) is 10.6 Å². The second-order valence-corrected chi connectivity index (χ2v) is 9.73. The van der Waals surface area contributed by atoms with E-state index in [1.165, 1.54) is 36.3 Å². The highest BCUT2D eigenvalue weighted by Gasteiger charge is 2.17. The molecule has 0 atom stereocenters. The van der Waals surface area contributed by atoms with Gasteiger partial charge in [-0.15, -0.1) is 11.3 Å². The number of amides is 1. The third-order valence-corrected chi connectivity index (χ3v) is 6.48. The molecule has 0 radical (unpaired) electrons. The van der Waals surface area contributed by atoms with E-state index in [1.54, 1.807) is 12.1 Å². The maximum absolute atomic E-state index is 12.4. The van der Waals surface area contributed by atoms with Gasteiger partial charge in [-0.25, -0.2) is 13.4 Å². The number of anilines is 1. The van der Waals surface area contributed by atoms with Gasteiger partial charge in [-0.2, -0.15) is 0 Å². The summed E-state index contributed by atoms with van der Waals surface area (Å²) in [7, 11) is -3.35. The smallest absolute Gasteiger partial charge is 0.257 e. The van der Waals surface area contributed by atoms with Crippen LogP contribution in [0.4, 0.5) is 5.13 Å². The highest BCUT2D eigenvalue weighted by molar-refractivity contribution is 7.90. The SMILES string of the molecule is CC1CCN(Cc2csc(NC(=O)c3cccc(S(C)(=O)=O)c3)n2)CC1. The van der Waals surface area contributed by atoms with Gasteiger partial charge in [0.15, 0.2) is 15.0 Å². The monoisotopic (exact) mass is 393 g/mol. The minimum Gasteiger partial charge on any atom is -0.298 e. The molecule has 0 bridgehead atoms. The number of thiazole rings is 1. The first-order chi connectivity index (χ1) is 12.3. The number of carbonyl (C=O) groups is 1. The van der Waals surface area contributed by atoms with Gasteiger partial charge in [-0.05, 0) is 50.0 Å². The molecule has 1 aliphatic heterocycles. The van der Waals surface area contributed by atoms with Crippen molar-refractivity contribution < 1.29 is 13.2 Å². The molecule has 26 heavy (non-hydrogen) atoms. The molecule has 2 heterocycles. The lowest BCUT2D eigenvalue weighted by Crippen LogP contribution is -2.32. The Bertz CT molecular complexity index is 885. The van der Waals surface area contributed by atoms with Crippen molar-refractivity contribution in [3.8, 4) is 0 Å². The lowest BCUT2D eigenvalue weighted by Gasteiger charge is -2.29. The van der Waals surface area contributed by atoms with E-state index in [0.717, 1.165) is 37.5 Å². The fourth-order valence-corrected chi connectivity index (χ4v) is 4.29. The normalized spacial score (nSPS) is 16.5. The van der Waals surface area contributed by atoms with Crippen molar-refractivity contribution in [2.45, 2.75) is 31.2 Å². The molecule has 0 unspecified atom stereocenters. The Morgan fingerprint density at radius 1 is 1.35 bits per heavy atom. The molecule has 1 aromatic heterocycles. The lowest BCUT2D eigenvalue weighted by atomic mass is 9.99. The number of likely N-dealkylation sites (tertiary alicyclic amines) is 1. The minimum absolute atomic E-state index is 0.129. The van der Waals surface area contributed by atoms with Crippen molar-refractivity contribution in [3.63, 3.8) is 0 Å². The van der Waals surface area contributed by atoms with Crippen molar-refractivity contribution in [2.75, 3.05) is 24.7 Å². The molecule has 0 saturated carbocycles. The largest absolute Gasteiger partial charge is 0.298 e. The van der Waals surface area contributed by atoms with Gasteiger partial charge in [0.2, 0.25) is 0 Å². The van der Waals surface area contributed by atoms with E-state index in [-0.39, 0.29) is 10.8 Å². The maximum atomic E-state index is 12.4. The number of hydrogen-bond acceptors (Lipinski definition) is 6. The second-order valence-electron chi connectivity index (χ2n) is 6.86. The average molecular weight is 394 g/mol. The molecule has 1 N–H and O–H groups in total. The van der Waals surface area contributed by atoms with Crippen molar-refractivity contribution >= 4 is 32.2 Å². The molecule has 6 nitrogen and oxygen atoms in total. The van der Waals surface area contributed by atoms with Crippen LogP contribution in [0.3, 0.4) is 0 Å². The number of benzene rings is 1. The average Bonchev–Trinajstić information content (AvgIpc) is 3.03. The minimum atomic E-state index is -3.35. The molecule has 1 saturated heterocycles. The molecule has 0 aliphatic carbocycles. The summed E-state index contributed by atoms with van der Waals surface area (Å²) in [6.45, 7) is 5.24. The molecule has 140 valence electrons. The van der Waals surface area contributed by atoms with Gasteiger partial charge < -0.3 is 0 Å². The molecule has 1 aromatic carbocycles. The van der Waals surface area contributed by atoms with Crippen LogP contribution in [0.1, 0.15) is 35.8 Å². The van der Waals surface area contributed by atoms with Gasteiger partial charge >= 0.3 is 0 Å². The number of sulfone groups is 1. The van der Waals surface area contributed by atoms with Crippen LogP contribution in [0.5, 0.6) is 0 Å². The summed E-state index contributed by atoms with van der Waals surface area (Å²) >= 11 is 1.38. The Morgan fingerprint density at radius 2 is 2.08 bits per heavy atom. The molecule has 1 fully saturated rings. The van der Waals surface area contributed by atoms with Crippen molar-refractivity contribution in [1.29, 1.82) is 0 Å². The van der Waals surface area contributed by atoms with Gasteiger partial charge in [0.1, 0.15) is 0 Å². The van der Waals surface area contributed by atoms with E-state index in [1.807, 2.05) is 5.38 Å². The lowest BCUT2D eigenvalue weighted by molar-refractivity contribution is 0.102. The topological polar surface area (TPSA) is 79.4 Å². The molecule has 1 aliphatic rings. The third-order valence-electron chi connectivity index (χ3n) is 4.56. The van der Waals surface area contributed by atoms with Crippen LogP contribution < -0.4 is 5.32 Å². The zero-order valence-electron chi connectivity index (χ0n) is 14.9. The van der Waals surface area contributed by atoms with Crippen LogP contribution in [-0.4, -0.2) is 43.6 Å². The predicted molar refractivity (Wildman–Crippen MR) is 103 cm³/mol. The summed E-state index contributed by atoms with van der Waals surface area (Å²) in [6.07, 6.45) is 3.55. The first kappa shape index (κ1) is 19.0. The summed E-state index contributed by atoms with van der Waals surface area (Å²) in [5, 5.41) is 5.24. The number of aromatic nitrogens is 1. The molecule has 1 amide bonds. The molecule has 8 heteroatoms. The third kappa shape index (κ3) is 4.90. The standard InChI is InChI=1S/C18H23N3O3S2/c1-13-6-8-21(9-7-13)11-15-12-25-18(19-15)20-17(22)14-4-3-5-16(10-14)26(2,23)24/h3-5,10,12-13H,6-9,11H2,1-2H3,(H,19,20,22). The number of carbonyl (C=O) groups excluding carboxylic acids is 1. The van der Waals surface area contributed by atoms with Crippen molar-refractivity contribution in [3.05, 3.63) is 40.9 Å². The van der Waals surface area contributed by atoms with Crippen LogP contribution in [0, 0.1) is 5.92 Å². The first-order valence-electron chi connectivity index (χ1n) is 8.59. The molecular weight excluding hydrogens is 370 g/mol. The van der Waals surface area contributed by atoms with Crippen LogP contribution in [0.25, 0.3) is 0 Å². The van der Waals surface area contributed by atoms with Crippen LogP contribution >= 0.6 is 11.3 Å². The van der Waals surface area contributed by atoms with E-state index < -0.39 is 9.84 Å². The fraction of sp³-hybridized carbons (Fsp3) is 0.444. The number of nitrogens with one attached hydrogen (secondary N) is 1. The Hall–Kier alpha value is -1.77. The van der Waals surface area contributed by atoms with Crippen molar-refractivity contribution in [1.82, 2.24) is 9.88 Å². The van der Waals surface area contributed by atoms with Gasteiger partial charge in [0, 0.05) is 23.7 Å². The highest BCUT2D eigenvalue weighted by atomic mass is 32.2. The van der Waals surface area contributed by atoms with E-state index >= 15 is 0 Å². The Kier molecular flexibility index (Phi) is 5.74. The van der Waals surface area contributed by atoms with Crippen LogP contribution in [0.15, 0.2) is 34.5 Å². The Morgan fingerprint density at radius 3 is 2.77 bits per heavy atom. The number of rotatable bonds is 5. The van der Waals surface area contributed by atoms with E-state index in [0.29, 0.717) is 10.7 Å². The molecule has 2 aromatic rings. The molecule has 3 rings (SSSR count). The summed E-state index contributed by atoms with van der Waals surface area (Å²) in [5.41, 5.74) is 1.25. The fourth-order valence-electron chi connectivity index (χ4n) is 2.92. The molecular formula is C18H23N3O3S2. The van der Waals surface area contributed by atoms with E-state index in [4.69, 9.17) is 0 Å². The van der Waals surface area contributed by atoms with Gasteiger partial charge in [0.25, 0.3) is 5.91 Å². The predicted octanol–water partition coefficient (Wildman–Crippen LogP) is 3.03. The van der Waals surface area contributed by atoms with Crippen LogP contribution in [-0.2, 0) is 16.4 Å². The maximum Gasteiger partial charge on any atom is 0.257 e. The summed E-state index contributed by atoms with van der Waals surface area (Å²) < 4.78 is 23.3. The van der Waals surface area contributed by atoms with Crippen LogP contribution in [0.2, 0.25) is 0 Å². The second kappa shape index (κ2) is 7.85. The summed E-state index contributed by atoms with van der Waals surface area (Å²) in [4.78, 5) is 19.4. The zero-order chi connectivity index (χ0) is 18.7. The number of hydrogen-bond donors (Lipinski definition) is 1. The Balaban J connectivity index is 1.63. The van der Waals surface area contributed by atoms with Crippen molar-refractivity contribution in [2.24, 2.45) is 5.92 Å². The quantitative estimate of drug-likeness (QED) is 0.845. The summed E-state index contributed by atoms with van der Waals surface area (Å²) in [6, 6.07) is 6.02. The Labute approximate surface area is 158 Å². The molecule has 0 spiro atoms. The van der Waals surface area contributed by atoms with E-state index in [2.05, 4.69) is 22.1 Å².